The average Bonchev–Trinajstić information content (AvgIpc) is 2.57. The largest absolute Gasteiger partial charge is 0.491 e. The minimum atomic E-state index is -0.996. The highest BCUT2D eigenvalue weighted by atomic mass is 19.1. The van der Waals surface area contributed by atoms with Crippen molar-refractivity contribution in [3.05, 3.63) is 59.9 Å². The highest BCUT2D eigenvalue weighted by molar-refractivity contribution is 5.97. The van der Waals surface area contributed by atoms with E-state index in [2.05, 4.69) is 5.32 Å². The number of esters is 1. The predicted octanol–water partition coefficient (Wildman–Crippen LogP) is 3.80. The Morgan fingerprint density at radius 3 is 2.12 bits per heavy atom. The Hall–Kier alpha value is -2.89. The van der Waals surface area contributed by atoms with Crippen LogP contribution in [0.1, 0.15) is 31.1 Å². The molecule has 0 saturated heterocycles. The van der Waals surface area contributed by atoms with Crippen LogP contribution in [0.2, 0.25) is 0 Å². The Balaban J connectivity index is 1.92. The molecule has 0 aliphatic heterocycles. The summed E-state index contributed by atoms with van der Waals surface area (Å²) in [5, 5.41) is 2.55. The van der Waals surface area contributed by atoms with E-state index in [1.165, 1.54) is 31.2 Å². The lowest BCUT2D eigenvalue weighted by atomic mass is 10.2. The minimum absolute atomic E-state index is 0.0352. The lowest BCUT2D eigenvalue weighted by Crippen LogP contribution is -2.30. The van der Waals surface area contributed by atoms with Crippen molar-refractivity contribution in [2.45, 2.75) is 33.0 Å². The molecule has 25 heavy (non-hydrogen) atoms. The van der Waals surface area contributed by atoms with Gasteiger partial charge in [0.25, 0.3) is 5.91 Å². The summed E-state index contributed by atoms with van der Waals surface area (Å²) < 4.78 is 23.5. The number of carbonyl (C=O) groups excluding carboxylic acids is 2. The maximum atomic E-state index is 12.8. The van der Waals surface area contributed by atoms with E-state index in [4.69, 9.17) is 9.47 Å². The molecule has 1 atom stereocenters. The first-order valence-electron chi connectivity index (χ1n) is 7.89. The standard InChI is InChI=1S/C19H20FNO4/c1-12(2)24-17-10-4-14(5-11-17)19(23)25-13(3)18(22)21-16-8-6-15(20)7-9-16/h4-13H,1-3H3,(H,21,22)/t13-/m1/s1. The highest BCUT2D eigenvalue weighted by Gasteiger charge is 2.19. The minimum Gasteiger partial charge on any atom is -0.491 e. The van der Waals surface area contributed by atoms with Crippen LogP contribution in [0.5, 0.6) is 5.75 Å². The molecule has 0 unspecified atom stereocenters. The summed E-state index contributed by atoms with van der Waals surface area (Å²) in [5.74, 6) is -0.867. The Morgan fingerprint density at radius 1 is 0.960 bits per heavy atom. The molecular formula is C19H20FNO4. The molecule has 6 heteroatoms. The third kappa shape index (κ3) is 5.60. The van der Waals surface area contributed by atoms with Gasteiger partial charge in [-0.25, -0.2) is 9.18 Å². The molecule has 0 saturated carbocycles. The second-order valence-corrected chi connectivity index (χ2v) is 5.73. The van der Waals surface area contributed by atoms with Crippen LogP contribution in [0.4, 0.5) is 10.1 Å². The molecule has 0 aliphatic carbocycles. The summed E-state index contributed by atoms with van der Waals surface area (Å²) in [6.07, 6.45) is -0.961. The van der Waals surface area contributed by atoms with Crippen LogP contribution in [0.15, 0.2) is 48.5 Å². The summed E-state index contributed by atoms with van der Waals surface area (Å²) in [7, 11) is 0. The van der Waals surface area contributed by atoms with Crippen LogP contribution in [0.25, 0.3) is 0 Å². The second kappa shape index (κ2) is 8.28. The van der Waals surface area contributed by atoms with Crippen molar-refractivity contribution < 1.29 is 23.5 Å². The van der Waals surface area contributed by atoms with Crippen molar-refractivity contribution in [3.8, 4) is 5.75 Å². The summed E-state index contributed by atoms with van der Waals surface area (Å²) >= 11 is 0. The lowest BCUT2D eigenvalue weighted by molar-refractivity contribution is -0.123. The molecule has 2 rings (SSSR count). The van der Waals surface area contributed by atoms with Gasteiger partial charge in [0.05, 0.1) is 11.7 Å². The van der Waals surface area contributed by atoms with E-state index in [1.807, 2.05) is 13.8 Å². The van der Waals surface area contributed by atoms with Gasteiger partial charge in [-0.1, -0.05) is 0 Å². The Labute approximate surface area is 145 Å². The summed E-state index contributed by atoms with van der Waals surface area (Å²) in [4.78, 5) is 24.1. The van der Waals surface area contributed by atoms with Crippen LogP contribution in [0.3, 0.4) is 0 Å². The molecule has 0 heterocycles. The molecule has 0 radical (unpaired) electrons. The van der Waals surface area contributed by atoms with Crippen molar-refractivity contribution in [2.75, 3.05) is 5.32 Å². The number of ether oxygens (including phenoxy) is 2. The topological polar surface area (TPSA) is 64.6 Å². The van der Waals surface area contributed by atoms with E-state index in [-0.39, 0.29) is 6.10 Å². The Morgan fingerprint density at radius 2 is 1.56 bits per heavy atom. The van der Waals surface area contributed by atoms with E-state index >= 15 is 0 Å². The van der Waals surface area contributed by atoms with Gasteiger partial charge in [-0.05, 0) is 69.3 Å². The number of hydrogen-bond acceptors (Lipinski definition) is 4. The maximum Gasteiger partial charge on any atom is 0.338 e. The van der Waals surface area contributed by atoms with Gasteiger partial charge in [-0.2, -0.15) is 0 Å². The van der Waals surface area contributed by atoms with E-state index in [0.717, 1.165) is 0 Å². The van der Waals surface area contributed by atoms with Crippen molar-refractivity contribution in [1.82, 2.24) is 0 Å². The van der Waals surface area contributed by atoms with Gasteiger partial charge in [-0.15, -0.1) is 0 Å². The molecule has 2 aromatic carbocycles. The predicted molar refractivity (Wildman–Crippen MR) is 92.1 cm³/mol. The summed E-state index contributed by atoms with van der Waals surface area (Å²) in [6.45, 7) is 5.28. The van der Waals surface area contributed by atoms with Crippen LogP contribution >= 0.6 is 0 Å². The fourth-order valence-electron chi connectivity index (χ4n) is 2.00. The number of rotatable bonds is 6. The molecule has 1 amide bonds. The van der Waals surface area contributed by atoms with Gasteiger partial charge in [0.15, 0.2) is 6.10 Å². The molecular weight excluding hydrogens is 325 g/mol. The number of benzene rings is 2. The molecule has 0 bridgehead atoms. The van der Waals surface area contributed by atoms with Crippen molar-refractivity contribution in [3.63, 3.8) is 0 Å². The van der Waals surface area contributed by atoms with E-state index in [9.17, 15) is 14.0 Å². The zero-order valence-corrected chi connectivity index (χ0v) is 14.3. The Bertz CT molecular complexity index is 726. The van der Waals surface area contributed by atoms with Crippen LogP contribution in [-0.4, -0.2) is 24.1 Å². The third-order valence-corrected chi connectivity index (χ3v) is 3.23. The number of anilines is 1. The van der Waals surface area contributed by atoms with Gasteiger partial charge in [-0.3, -0.25) is 4.79 Å². The molecule has 0 fully saturated rings. The molecule has 0 spiro atoms. The number of halogens is 1. The van der Waals surface area contributed by atoms with Crippen molar-refractivity contribution >= 4 is 17.6 Å². The van der Waals surface area contributed by atoms with Gasteiger partial charge in [0.1, 0.15) is 11.6 Å². The fourth-order valence-corrected chi connectivity index (χ4v) is 2.00. The number of carbonyl (C=O) groups is 2. The third-order valence-electron chi connectivity index (χ3n) is 3.23. The van der Waals surface area contributed by atoms with Gasteiger partial charge < -0.3 is 14.8 Å². The van der Waals surface area contributed by atoms with E-state index in [0.29, 0.717) is 17.0 Å². The zero-order chi connectivity index (χ0) is 18.4. The quantitative estimate of drug-likeness (QED) is 0.809. The van der Waals surface area contributed by atoms with Crippen LogP contribution in [0, 0.1) is 5.82 Å². The van der Waals surface area contributed by atoms with Crippen LogP contribution < -0.4 is 10.1 Å². The molecule has 0 aliphatic rings. The van der Waals surface area contributed by atoms with Gasteiger partial charge in [0, 0.05) is 5.69 Å². The lowest BCUT2D eigenvalue weighted by Gasteiger charge is -2.14. The molecule has 5 nitrogen and oxygen atoms in total. The first-order chi connectivity index (χ1) is 11.8. The normalized spacial score (nSPS) is 11.7. The summed E-state index contributed by atoms with van der Waals surface area (Å²) in [6, 6.07) is 11.8. The molecule has 2 aromatic rings. The molecule has 1 N–H and O–H groups in total. The van der Waals surface area contributed by atoms with Crippen LogP contribution in [-0.2, 0) is 9.53 Å². The molecule has 0 aromatic heterocycles. The van der Waals surface area contributed by atoms with E-state index < -0.39 is 23.8 Å². The van der Waals surface area contributed by atoms with Gasteiger partial charge >= 0.3 is 5.97 Å². The smallest absolute Gasteiger partial charge is 0.338 e. The molecule has 132 valence electrons. The number of hydrogen-bond donors (Lipinski definition) is 1. The number of nitrogens with one attached hydrogen (secondary N) is 1. The highest BCUT2D eigenvalue weighted by Crippen LogP contribution is 2.15. The second-order valence-electron chi connectivity index (χ2n) is 5.73. The first-order valence-corrected chi connectivity index (χ1v) is 7.89. The number of amides is 1. The van der Waals surface area contributed by atoms with E-state index in [1.54, 1.807) is 24.3 Å². The van der Waals surface area contributed by atoms with Crippen molar-refractivity contribution in [1.29, 1.82) is 0 Å². The zero-order valence-electron chi connectivity index (χ0n) is 14.3. The average molecular weight is 345 g/mol. The van der Waals surface area contributed by atoms with Crippen molar-refractivity contribution in [2.24, 2.45) is 0 Å². The monoisotopic (exact) mass is 345 g/mol. The SMILES string of the molecule is CC(C)Oc1ccc(C(=O)O[C@H](C)C(=O)Nc2ccc(F)cc2)cc1. The fraction of sp³-hybridized carbons (Fsp3) is 0.263. The summed E-state index contributed by atoms with van der Waals surface area (Å²) in [5.41, 5.74) is 0.738. The first kappa shape index (κ1) is 18.4. The Kier molecular flexibility index (Phi) is 6.11. The van der Waals surface area contributed by atoms with Gasteiger partial charge in [0.2, 0.25) is 0 Å². The maximum absolute atomic E-state index is 12.8.